The van der Waals surface area contributed by atoms with Gasteiger partial charge in [-0.1, -0.05) is 0 Å². The number of likely N-dealkylation sites (N-methyl/N-ethyl adjacent to an activating group) is 2. The molecule has 0 N–H and O–H groups in total. The van der Waals surface area contributed by atoms with E-state index in [4.69, 9.17) is 0 Å². The minimum absolute atomic E-state index is 0.124. The van der Waals surface area contributed by atoms with Crippen LogP contribution < -0.4 is 0 Å². The molecule has 1 rings (SSSR count). The highest BCUT2D eigenvalue weighted by atomic mass is 16.2. The summed E-state index contributed by atoms with van der Waals surface area (Å²) in [5.41, 5.74) is -0.537. The van der Waals surface area contributed by atoms with Gasteiger partial charge in [0.05, 0.1) is 5.54 Å². The predicted molar refractivity (Wildman–Crippen MR) is 75.7 cm³/mol. The van der Waals surface area contributed by atoms with Gasteiger partial charge in [-0.3, -0.25) is 9.69 Å². The van der Waals surface area contributed by atoms with Crippen molar-refractivity contribution >= 4 is 5.91 Å². The van der Waals surface area contributed by atoms with Gasteiger partial charge in [0.1, 0.15) is 0 Å². The van der Waals surface area contributed by atoms with E-state index in [2.05, 4.69) is 37.6 Å². The zero-order valence-corrected chi connectivity index (χ0v) is 13.1. The fourth-order valence-electron chi connectivity index (χ4n) is 2.22. The second kappa shape index (κ2) is 5.17. The number of hydrogen-bond donors (Lipinski definition) is 0. The molecule has 4 nitrogen and oxygen atoms in total. The molecular formula is C14H29N3O. The second-order valence-electron chi connectivity index (χ2n) is 6.88. The molecule has 1 fully saturated rings. The lowest BCUT2D eigenvalue weighted by atomic mass is 9.96. The van der Waals surface area contributed by atoms with Gasteiger partial charge in [-0.15, -0.1) is 0 Å². The van der Waals surface area contributed by atoms with Crippen LogP contribution in [0.25, 0.3) is 0 Å². The van der Waals surface area contributed by atoms with Gasteiger partial charge in [-0.25, -0.2) is 0 Å². The van der Waals surface area contributed by atoms with Crippen molar-refractivity contribution < 1.29 is 4.79 Å². The van der Waals surface area contributed by atoms with E-state index in [1.165, 1.54) is 0 Å². The first-order valence-electron chi connectivity index (χ1n) is 6.78. The van der Waals surface area contributed by atoms with Crippen LogP contribution in [-0.4, -0.2) is 72.0 Å². The van der Waals surface area contributed by atoms with Crippen molar-refractivity contribution in [3.63, 3.8) is 0 Å². The summed E-state index contributed by atoms with van der Waals surface area (Å²) in [7, 11) is 4.04. The number of nitrogens with zero attached hydrogens (tertiary/aromatic N) is 3. The monoisotopic (exact) mass is 255 g/mol. The second-order valence-corrected chi connectivity index (χ2v) is 6.88. The SMILES string of the molecule is CN1CCN(C(C)(C)C(=O)N(C)C(C)(C)C)CC1. The van der Waals surface area contributed by atoms with Crippen LogP contribution in [0.4, 0.5) is 0 Å². The lowest BCUT2D eigenvalue weighted by molar-refractivity contribution is -0.146. The lowest BCUT2D eigenvalue weighted by Gasteiger charge is -2.46. The molecule has 0 unspecified atom stereocenters. The summed E-state index contributed by atoms with van der Waals surface area (Å²) >= 11 is 0. The maximum Gasteiger partial charge on any atom is 0.242 e. The van der Waals surface area contributed by atoms with Gasteiger partial charge < -0.3 is 9.80 Å². The van der Waals surface area contributed by atoms with Crippen molar-refractivity contribution in [2.45, 2.75) is 45.7 Å². The zero-order valence-electron chi connectivity index (χ0n) is 13.1. The van der Waals surface area contributed by atoms with Gasteiger partial charge in [0.2, 0.25) is 5.91 Å². The zero-order chi connectivity index (χ0) is 14.1. The summed E-state index contributed by atoms with van der Waals surface area (Å²) in [6.45, 7) is 14.3. The van der Waals surface area contributed by atoms with Crippen LogP contribution in [0.1, 0.15) is 34.6 Å². The molecule has 0 spiro atoms. The number of hydrogen-bond acceptors (Lipinski definition) is 3. The number of carbonyl (C=O) groups excluding carboxylic acids is 1. The molecule has 0 atom stereocenters. The average Bonchev–Trinajstić information content (AvgIpc) is 2.26. The van der Waals surface area contributed by atoms with Crippen molar-refractivity contribution in [3.05, 3.63) is 0 Å². The number of rotatable bonds is 2. The number of amides is 1. The van der Waals surface area contributed by atoms with E-state index in [1.54, 1.807) is 0 Å². The average molecular weight is 255 g/mol. The Labute approximate surface area is 112 Å². The molecule has 0 aromatic heterocycles. The van der Waals surface area contributed by atoms with Gasteiger partial charge in [0.15, 0.2) is 0 Å². The molecule has 1 heterocycles. The molecule has 0 bridgehead atoms. The summed E-state index contributed by atoms with van der Waals surface area (Å²) in [5.74, 6) is 0.208. The smallest absolute Gasteiger partial charge is 0.242 e. The molecule has 1 aliphatic rings. The summed E-state index contributed by atoms with van der Waals surface area (Å²) in [5, 5.41) is 0. The number of carbonyl (C=O) groups is 1. The first kappa shape index (κ1) is 15.4. The van der Waals surface area contributed by atoms with Crippen LogP contribution in [0, 0.1) is 0 Å². The maximum absolute atomic E-state index is 12.7. The molecule has 0 aromatic carbocycles. The molecule has 0 saturated carbocycles. The van der Waals surface area contributed by atoms with Crippen LogP contribution in [0.15, 0.2) is 0 Å². The largest absolute Gasteiger partial charge is 0.339 e. The van der Waals surface area contributed by atoms with Crippen LogP contribution in [-0.2, 0) is 4.79 Å². The maximum atomic E-state index is 12.7. The molecule has 4 heteroatoms. The Balaban J connectivity index is 2.76. The van der Waals surface area contributed by atoms with Gasteiger partial charge in [0, 0.05) is 38.8 Å². The van der Waals surface area contributed by atoms with Gasteiger partial charge >= 0.3 is 0 Å². The number of piperazine rings is 1. The molecule has 1 aliphatic heterocycles. The first-order chi connectivity index (χ1) is 8.06. The minimum Gasteiger partial charge on any atom is -0.339 e. The summed E-state index contributed by atoms with van der Waals surface area (Å²) in [4.78, 5) is 19.1. The Morgan fingerprint density at radius 1 is 1.00 bits per heavy atom. The van der Waals surface area contributed by atoms with E-state index < -0.39 is 5.54 Å². The van der Waals surface area contributed by atoms with Gasteiger partial charge in [0.25, 0.3) is 0 Å². The molecule has 106 valence electrons. The third-order valence-corrected chi connectivity index (χ3v) is 4.13. The van der Waals surface area contributed by atoms with E-state index >= 15 is 0 Å². The Morgan fingerprint density at radius 2 is 1.44 bits per heavy atom. The van der Waals surface area contributed by atoms with Crippen molar-refractivity contribution in [1.82, 2.24) is 14.7 Å². The Bertz CT molecular complexity index is 299. The molecular weight excluding hydrogens is 226 g/mol. The molecule has 1 amide bonds. The van der Waals surface area contributed by atoms with Gasteiger partial charge in [-0.2, -0.15) is 0 Å². The predicted octanol–water partition coefficient (Wildman–Crippen LogP) is 1.27. The lowest BCUT2D eigenvalue weighted by Crippen LogP contribution is -2.62. The van der Waals surface area contributed by atoms with E-state index in [0.717, 1.165) is 26.2 Å². The summed E-state index contributed by atoms with van der Waals surface area (Å²) in [6, 6.07) is 0. The van der Waals surface area contributed by atoms with Crippen LogP contribution >= 0.6 is 0 Å². The molecule has 1 saturated heterocycles. The summed E-state index contributed by atoms with van der Waals surface area (Å²) < 4.78 is 0. The Kier molecular flexibility index (Phi) is 4.44. The minimum atomic E-state index is -0.413. The fourth-order valence-corrected chi connectivity index (χ4v) is 2.22. The van der Waals surface area contributed by atoms with Crippen molar-refractivity contribution in [2.24, 2.45) is 0 Å². The highest BCUT2D eigenvalue weighted by molar-refractivity contribution is 5.85. The van der Waals surface area contributed by atoms with E-state index in [1.807, 2.05) is 25.8 Å². The normalized spacial score (nSPS) is 19.9. The fraction of sp³-hybridized carbons (Fsp3) is 0.929. The molecule has 18 heavy (non-hydrogen) atoms. The molecule has 0 radical (unpaired) electrons. The Morgan fingerprint density at radius 3 is 1.83 bits per heavy atom. The van der Waals surface area contributed by atoms with Crippen molar-refractivity contribution in [2.75, 3.05) is 40.3 Å². The van der Waals surface area contributed by atoms with E-state index in [-0.39, 0.29) is 11.4 Å². The topological polar surface area (TPSA) is 26.8 Å². The van der Waals surface area contributed by atoms with Crippen LogP contribution in [0.2, 0.25) is 0 Å². The van der Waals surface area contributed by atoms with E-state index in [9.17, 15) is 4.79 Å². The van der Waals surface area contributed by atoms with E-state index in [0.29, 0.717) is 0 Å². The van der Waals surface area contributed by atoms with Gasteiger partial charge in [-0.05, 0) is 41.7 Å². The van der Waals surface area contributed by atoms with Crippen LogP contribution in [0.5, 0.6) is 0 Å². The highest BCUT2D eigenvalue weighted by Crippen LogP contribution is 2.23. The van der Waals surface area contributed by atoms with Crippen molar-refractivity contribution in [1.29, 1.82) is 0 Å². The quantitative estimate of drug-likeness (QED) is 0.743. The Hall–Kier alpha value is -0.610. The molecule has 0 aromatic rings. The summed E-state index contributed by atoms with van der Waals surface area (Å²) in [6.07, 6.45) is 0. The third kappa shape index (κ3) is 3.23. The standard InChI is InChI=1S/C14H29N3O/c1-13(2,3)16(7)12(18)14(4,5)17-10-8-15(6)9-11-17/h8-11H2,1-7H3. The van der Waals surface area contributed by atoms with Crippen LogP contribution in [0.3, 0.4) is 0 Å². The first-order valence-corrected chi connectivity index (χ1v) is 6.78. The molecule has 0 aliphatic carbocycles. The highest BCUT2D eigenvalue weighted by Gasteiger charge is 2.40. The third-order valence-electron chi connectivity index (χ3n) is 4.13. The van der Waals surface area contributed by atoms with Crippen molar-refractivity contribution in [3.8, 4) is 0 Å².